The molecule has 6 nitrogen and oxygen atoms in total. The molecule has 2 fully saturated rings. The van der Waals surface area contributed by atoms with E-state index in [1.165, 1.54) is 19.4 Å². The molecule has 1 saturated heterocycles. The first-order chi connectivity index (χ1) is 10.2. The summed E-state index contributed by atoms with van der Waals surface area (Å²) in [4.78, 5) is 13.5. The molecule has 0 unspecified atom stereocenters. The van der Waals surface area contributed by atoms with Gasteiger partial charge in [-0.1, -0.05) is 6.92 Å². The predicted octanol–water partition coefficient (Wildman–Crippen LogP) is 1.41. The molecule has 6 heteroatoms. The molecule has 2 heterocycles. The van der Waals surface area contributed by atoms with Crippen LogP contribution in [-0.2, 0) is 0 Å². The second kappa shape index (κ2) is 6.47. The van der Waals surface area contributed by atoms with Crippen LogP contribution in [0.4, 0.5) is 17.6 Å². The monoisotopic (exact) mass is 290 g/mol. The van der Waals surface area contributed by atoms with E-state index in [0.717, 1.165) is 56.7 Å². The van der Waals surface area contributed by atoms with Crippen LogP contribution in [0.15, 0.2) is 6.07 Å². The van der Waals surface area contributed by atoms with Crippen LogP contribution in [0.3, 0.4) is 0 Å². The molecular formula is C15H26N6. The third kappa shape index (κ3) is 3.97. The minimum atomic E-state index is 0.353. The van der Waals surface area contributed by atoms with E-state index in [-0.39, 0.29) is 0 Å². The van der Waals surface area contributed by atoms with E-state index in [4.69, 9.17) is 5.73 Å². The number of nitrogens with two attached hydrogens (primary N) is 1. The predicted molar refractivity (Wildman–Crippen MR) is 86.6 cm³/mol. The minimum absolute atomic E-state index is 0.353. The van der Waals surface area contributed by atoms with Gasteiger partial charge in [-0.05, 0) is 25.2 Å². The molecule has 0 radical (unpaired) electrons. The second-order valence-electron chi connectivity index (χ2n) is 6.13. The van der Waals surface area contributed by atoms with Crippen molar-refractivity contribution in [3.63, 3.8) is 0 Å². The zero-order valence-corrected chi connectivity index (χ0v) is 12.9. The average Bonchev–Trinajstić information content (AvgIpc) is 3.29. The molecule has 21 heavy (non-hydrogen) atoms. The highest BCUT2D eigenvalue weighted by atomic mass is 15.3. The molecule has 1 saturated carbocycles. The molecule has 0 aromatic carbocycles. The first kappa shape index (κ1) is 14.4. The van der Waals surface area contributed by atoms with Crippen molar-refractivity contribution in [2.75, 3.05) is 55.2 Å². The van der Waals surface area contributed by atoms with Crippen LogP contribution in [0.25, 0.3) is 0 Å². The zero-order chi connectivity index (χ0) is 14.7. The third-order valence-corrected chi connectivity index (χ3v) is 4.20. The van der Waals surface area contributed by atoms with Crippen LogP contribution in [0, 0.1) is 5.92 Å². The summed E-state index contributed by atoms with van der Waals surface area (Å²) in [6.07, 6.45) is 3.92. The van der Waals surface area contributed by atoms with Crippen molar-refractivity contribution in [3.05, 3.63) is 6.07 Å². The fourth-order valence-corrected chi connectivity index (χ4v) is 2.78. The van der Waals surface area contributed by atoms with Crippen LogP contribution in [0.5, 0.6) is 0 Å². The van der Waals surface area contributed by atoms with Gasteiger partial charge < -0.3 is 16.0 Å². The normalized spacial score (nSPS) is 19.8. The fraction of sp³-hybridized carbons (Fsp3) is 0.733. The first-order valence-corrected chi connectivity index (χ1v) is 8.10. The maximum absolute atomic E-state index is 5.84. The number of nitrogens with zero attached hydrogens (tertiary/aromatic N) is 4. The lowest BCUT2D eigenvalue weighted by atomic mass is 10.2. The standard InChI is InChI=1S/C15H26N6/c1-2-5-17-13-10-14(19-15(16)18-13)21-8-6-20(7-9-21)11-12-3-4-12/h10,12H,2-9,11H2,1H3,(H3,16,17,18,19). The van der Waals surface area contributed by atoms with Crippen LogP contribution in [-0.4, -0.2) is 54.1 Å². The smallest absolute Gasteiger partial charge is 0.223 e. The number of aromatic nitrogens is 2. The summed E-state index contributed by atoms with van der Waals surface area (Å²) < 4.78 is 0. The lowest BCUT2D eigenvalue weighted by Crippen LogP contribution is -2.47. The van der Waals surface area contributed by atoms with Crippen molar-refractivity contribution in [2.45, 2.75) is 26.2 Å². The van der Waals surface area contributed by atoms with E-state index >= 15 is 0 Å². The lowest BCUT2D eigenvalue weighted by molar-refractivity contribution is 0.247. The Labute approximate surface area is 126 Å². The van der Waals surface area contributed by atoms with Crippen molar-refractivity contribution in [3.8, 4) is 0 Å². The van der Waals surface area contributed by atoms with Gasteiger partial charge in [-0.25, -0.2) is 0 Å². The van der Waals surface area contributed by atoms with Gasteiger partial charge in [-0.15, -0.1) is 0 Å². The minimum Gasteiger partial charge on any atom is -0.370 e. The highest BCUT2D eigenvalue weighted by Gasteiger charge is 2.26. The third-order valence-electron chi connectivity index (χ3n) is 4.20. The molecule has 1 aromatic heterocycles. The van der Waals surface area contributed by atoms with Gasteiger partial charge in [0.15, 0.2) is 0 Å². The first-order valence-electron chi connectivity index (χ1n) is 8.10. The summed E-state index contributed by atoms with van der Waals surface area (Å²) in [7, 11) is 0. The van der Waals surface area contributed by atoms with Crippen LogP contribution in [0.1, 0.15) is 26.2 Å². The number of hydrogen-bond donors (Lipinski definition) is 2. The quantitative estimate of drug-likeness (QED) is 0.825. The van der Waals surface area contributed by atoms with Gasteiger partial charge in [0.1, 0.15) is 11.6 Å². The van der Waals surface area contributed by atoms with Gasteiger partial charge in [-0.3, -0.25) is 4.90 Å². The van der Waals surface area contributed by atoms with E-state index in [9.17, 15) is 0 Å². The highest BCUT2D eigenvalue weighted by Crippen LogP contribution is 2.30. The zero-order valence-electron chi connectivity index (χ0n) is 12.9. The Morgan fingerprint density at radius 2 is 2.00 bits per heavy atom. The summed E-state index contributed by atoms with van der Waals surface area (Å²) in [5.74, 6) is 3.11. The van der Waals surface area contributed by atoms with E-state index in [1.807, 2.05) is 6.07 Å². The Kier molecular flexibility index (Phi) is 4.43. The summed E-state index contributed by atoms with van der Waals surface area (Å²) in [5, 5.41) is 3.29. The van der Waals surface area contributed by atoms with E-state index < -0.39 is 0 Å². The number of nitrogen functional groups attached to an aromatic ring is 1. The SMILES string of the molecule is CCCNc1cc(N2CCN(CC3CC3)CC2)nc(N)n1. The molecule has 1 aliphatic carbocycles. The summed E-state index contributed by atoms with van der Waals surface area (Å²) >= 11 is 0. The number of piperazine rings is 1. The van der Waals surface area contributed by atoms with Crippen molar-refractivity contribution in [1.82, 2.24) is 14.9 Å². The Morgan fingerprint density at radius 3 is 2.67 bits per heavy atom. The van der Waals surface area contributed by atoms with Gasteiger partial charge in [0.25, 0.3) is 0 Å². The molecule has 1 aromatic rings. The van der Waals surface area contributed by atoms with Crippen LogP contribution < -0.4 is 16.0 Å². The summed E-state index contributed by atoms with van der Waals surface area (Å²) in [6, 6.07) is 2.02. The summed E-state index contributed by atoms with van der Waals surface area (Å²) in [6.45, 7) is 8.62. The molecule has 0 atom stereocenters. The van der Waals surface area contributed by atoms with Crippen molar-refractivity contribution in [1.29, 1.82) is 0 Å². The Morgan fingerprint density at radius 1 is 1.24 bits per heavy atom. The van der Waals surface area contributed by atoms with E-state index in [2.05, 4.69) is 32.0 Å². The molecule has 3 rings (SSSR count). The summed E-state index contributed by atoms with van der Waals surface area (Å²) in [5.41, 5.74) is 5.84. The second-order valence-corrected chi connectivity index (χ2v) is 6.13. The van der Waals surface area contributed by atoms with Crippen molar-refractivity contribution >= 4 is 17.6 Å². The highest BCUT2D eigenvalue weighted by molar-refractivity contribution is 5.52. The number of hydrogen-bond acceptors (Lipinski definition) is 6. The molecule has 0 amide bonds. The molecule has 3 N–H and O–H groups in total. The molecule has 1 aliphatic heterocycles. The van der Waals surface area contributed by atoms with Gasteiger partial charge in [0.05, 0.1) is 0 Å². The Balaban J connectivity index is 1.59. The molecule has 116 valence electrons. The van der Waals surface area contributed by atoms with Gasteiger partial charge in [0.2, 0.25) is 5.95 Å². The number of rotatable bonds is 6. The Bertz CT molecular complexity index is 465. The van der Waals surface area contributed by atoms with Gasteiger partial charge >= 0.3 is 0 Å². The molecular weight excluding hydrogens is 264 g/mol. The van der Waals surface area contributed by atoms with Crippen molar-refractivity contribution in [2.24, 2.45) is 5.92 Å². The maximum Gasteiger partial charge on any atom is 0.223 e. The van der Waals surface area contributed by atoms with Gasteiger partial charge in [0, 0.05) is 45.3 Å². The topological polar surface area (TPSA) is 70.3 Å². The van der Waals surface area contributed by atoms with Gasteiger partial charge in [-0.2, -0.15) is 9.97 Å². The number of anilines is 3. The largest absolute Gasteiger partial charge is 0.370 e. The van der Waals surface area contributed by atoms with E-state index in [0.29, 0.717) is 5.95 Å². The average molecular weight is 290 g/mol. The van der Waals surface area contributed by atoms with Crippen LogP contribution >= 0.6 is 0 Å². The Hall–Kier alpha value is -1.56. The van der Waals surface area contributed by atoms with E-state index in [1.54, 1.807) is 0 Å². The molecule has 0 spiro atoms. The van der Waals surface area contributed by atoms with Crippen molar-refractivity contribution < 1.29 is 0 Å². The molecule has 0 bridgehead atoms. The lowest BCUT2D eigenvalue weighted by Gasteiger charge is -2.35. The fourth-order valence-electron chi connectivity index (χ4n) is 2.78. The maximum atomic E-state index is 5.84. The number of nitrogens with one attached hydrogen (secondary N) is 1. The van der Waals surface area contributed by atoms with Crippen LogP contribution in [0.2, 0.25) is 0 Å². The molecule has 2 aliphatic rings.